The summed E-state index contributed by atoms with van der Waals surface area (Å²) < 4.78 is 32.5. The highest BCUT2D eigenvalue weighted by molar-refractivity contribution is 6.30. The van der Waals surface area contributed by atoms with Gasteiger partial charge in [-0.2, -0.15) is 0 Å². The molecule has 1 N–H and O–H groups in total. The van der Waals surface area contributed by atoms with Crippen LogP contribution in [0.1, 0.15) is 40.7 Å². The number of aryl methyl sites for hydroxylation is 2. The molecular weight excluding hydrogens is 363 g/mol. The minimum absolute atomic E-state index is 0. The molecule has 24 heavy (non-hydrogen) atoms. The minimum atomic E-state index is -1.81. The van der Waals surface area contributed by atoms with Crippen molar-refractivity contribution in [1.29, 1.82) is 0 Å². The normalized spacial score (nSPS) is 22.9. The van der Waals surface area contributed by atoms with Crippen molar-refractivity contribution in [3.05, 3.63) is 69.5 Å². The molecule has 0 atom stereocenters. The Hall–Kier alpha value is -1.06. The van der Waals surface area contributed by atoms with Crippen molar-refractivity contribution in [2.45, 2.75) is 25.7 Å². The molecule has 1 aliphatic carbocycles. The Morgan fingerprint density at radius 2 is 1.75 bits per heavy atom. The summed E-state index contributed by atoms with van der Waals surface area (Å²) in [5, 5.41) is 3.13. The Labute approximate surface area is 166 Å². The van der Waals surface area contributed by atoms with Crippen molar-refractivity contribution in [1.82, 2.24) is 10.3 Å². The summed E-state index contributed by atoms with van der Waals surface area (Å²) in [6, 6.07) is 9.69. The summed E-state index contributed by atoms with van der Waals surface area (Å²) in [4.78, 5) is 4.60. The van der Waals surface area contributed by atoms with Crippen molar-refractivity contribution < 1.29 is 5.48 Å². The molecule has 1 fully saturated rings. The summed E-state index contributed by atoms with van der Waals surface area (Å²) >= 11 is 6.20. The fraction of sp³-hybridized carbons (Fsp3) is 0.316. The van der Waals surface area contributed by atoms with Gasteiger partial charge in [-0.15, -0.1) is 24.8 Å². The number of benzene rings is 1. The zero-order valence-electron chi connectivity index (χ0n) is 16.9. The van der Waals surface area contributed by atoms with Crippen molar-refractivity contribution in [2.24, 2.45) is 0 Å². The van der Waals surface area contributed by atoms with Crippen LogP contribution in [0.3, 0.4) is 0 Å². The molecule has 0 bridgehead atoms. The first-order valence-corrected chi connectivity index (χ1v) is 7.86. The molecule has 1 aliphatic heterocycles. The number of hydrogen-bond donors (Lipinski definition) is 1. The quantitative estimate of drug-likeness (QED) is 0.698. The van der Waals surface area contributed by atoms with Gasteiger partial charge in [0.1, 0.15) is 0 Å². The first-order chi connectivity index (χ1) is 12.2. The molecule has 0 unspecified atom stereocenters. The highest BCUT2D eigenvalue weighted by Gasteiger charge is 2.23. The molecule has 0 saturated carbocycles. The van der Waals surface area contributed by atoms with Gasteiger partial charge in [-0.25, -0.2) is 0 Å². The maximum atomic E-state index is 8.13. The lowest BCUT2D eigenvalue weighted by atomic mass is 9.89. The minimum Gasteiger partial charge on any atom is -0.316 e. The lowest BCUT2D eigenvalue weighted by molar-refractivity contribution is 0.611. The zero-order chi connectivity index (χ0) is 18.5. The number of aromatic nitrogens is 1. The Morgan fingerprint density at radius 1 is 1.00 bits per heavy atom. The summed E-state index contributed by atoms with van der Waals surface area (Å²) in [7, 11) is 0. The van der Waals surface area contributed by atoms with Gasteiger partial charge in [0.15, 0.2) is 0 Å². The van der Waals surface area contributed by atoms with Gasteiger partial charge in [-0.05, 0) is 73.6 Å². The molecule has 1 saturated heterocycles. The average molecular weight is 388 g/mol. The Balaban J connectivity index is 0.00000140. The topological polar surface area (TPSA) is 24.9 Å². The molecule has 1 aromatic heterocycles. The second kappa shape index (κ2) is 8.35. The third-order valence-electron chi connectivity index (χ3n) is 4.26. The third kappa shape index (κ3) is 3.62. The van der Waals surface area contributed by atoms with Crippen LogP contribution in [0.15, 0.2) is 42.1 Å². The SMILES string of the molecule is Cl.Cl.[2H]C1([2H])CC(=C2c3ccc(Cl)cc3CCc3cccnc32)CC([2H])([2H])N1. The van der Waals surface area contributed by atoms with Gasteiger partial charge in [0, 0.05) is 22.3 Å². The number of piperidine rings is 1. The van der Waals surface area contributed by atoms with E-state index in [1.807, 2.05) is 30.3 Å². The van der Waals surface area contributed by atoms with E-state index in [1.165, 1.54) is 0 Å². The van der Waals surface area contributed by atoms with Gasteiger partial charge >= 0.3 is 0 Å². The van der Waals surface area contributed by atoms with Crippen molar-refractivity contribution in [2.75, 3.05) is 13.0 Å². The molecule has 0 spiro atoms. The van der Waals surface area contributed by atoms with Crippen LogP contribution >= 0.6 is 36.4 Å². The molecule has 128 valence electrons. The fourth-order valence-corrected chi connectivity index (χ4v) is 3.43. The highest BCUT2D eigenvalue weighted by atomic mass is 35.5. The van der Waals surface area contributed by atoms with Gasteiger partial charge in [0.05, 0.1) is 5.69 Å². The summed E-state index contributed by atoms with van der Waals surface area (Å²) in [5.41, 5.74) is 5.62. The summed E-state index contributed by atoms with van der Waals surface area (Å²) in [5.74, 6) is 0. The smallest absolute Gasteiger partial charge is 0.0739 e. The van der Waals surface area contributed by atoms with Gasteiger partial charge in [0.25, 0.3) is 0 Å². The van der Waals surface area contributed by atoms with Crippen molar-refractivity contribution in [3.63, 3.8) is 0 Å². The highest BCUT2D eigenvalue weighted by Crippen LogP contribution is 2.37. The third-order valence-corrected chi connectivity index (χ3v) is 4.50. The molecule has 0 radical (unpaired) electrons. The monoisotopic (exact) mass is 386 g/mol. The fourth-order valence-electron chi connectivity index (χ4n) is 3.24. The van der Waals surface area contributed by atoms with Gasteiger partial charge < -0.3 is 5.32 Å². The lowest BCUT2D eigenvalue weighted by Crippen LogP contribution is -2.24. The lowest BCUT2D eigenvalue weighted by Gasteiger charge is -2.21. The van der Waals surface area contributed by atoms with E-state index in [0.717, 1.165) is 46.4 Å². The molecular formula is C19H21Cl3N2. The molecule has 2 aliphatic rings. The van der Waals surface area contributed by atoms with E-state index in [2.05, 4.69) is 10.3 Å². The van der Waals surface area contributed by atoms with Crippen LogP contribution in [0, 0.1) is 0 Å². The summed E-state index contributed by atoms with van der Waals surface area (Å²) in [6.45, 7) is -3.62. The number of halogens is 3. The molecule has 2 heterocycles. The Bertz CT molecular complexity index is 898. The number of nitrogens with zero attached hydrogens (tertiary/aromatic N) is 1. The van der Waals surface area contributed by atoms with Gasteiger partial charge in [-0.3, -0.25) is 4.98 Å². The second-order valence-corrected chi connectivity index (χ2v) is 6.06. The van der Waals surface area contributed by atoms with E-state index >= 15 is 0 Å². The Kier molecular flexibility index (Phi) is 4.92. The van der Waals surface area contributed by atoms with E-state index in [-0.39, 0.29) is 37.7 Å². The van der Waals surface area contributed by atoms with E-state index in [4.69, 9.17) is 17.1 Å². The summed E-state index contributed by atoms with van der Waals surface area (Å²) in [6.07, 6.45) is 3.64. The molecule has 0 amide bonds. The standard InChI is InChI=1S/C19H19ClN2.2ClH/c20-16-5-6-17-15(12-16)4-3-14-2-1-9-22-19(14)18(17)13-7-10-21-11-8-13;;/h1-2,5-6,9,12,21H,3-4,7-8,10-11H2;2*1H/i10D2,11D2;;. The van der Waals surface area contributed by atoms with Crippen LogP contribution < -0.4 is 5.32 Å². The number of rotatable bonds is 0. The van der Waals surface area contributed by atoms with Crippen molar-refractivity contribution in [3.8, 4) is 0 Å². The van der Waals surface area contributed by atoms with Crippen molar-refractivity contribution >= 4 is 42.0 Å². The molecule has 4 rings (SSSR count). The van der Waals surface area contributed by atoms with E-state index in [0.29, 0.717) is 5.02 Å². The van der Waals surface area contributed by atoms with Crippen LogP contribution in [0.4, 0.5) is 0 Å². The first kappa shape index (κ1) is 14.1. The van der Waals surface area contributed by atoms with Crippen LogP contribution in [0.5, 0.6) is 0 Å². The molecule has 5 heteroatoms. The van der Waals surface area contributed by atoms with E-state index in [9.17, 15) is 0 Å². The number of nitrogens with one attached hydrogen (secondary N) is 1. The predicted octanol–water partition coefficient (Wildman–Crippen LogP) is 4.86. The first-order valence-electron chi connectivity index (χ1n) is 9.49. The number of hydrogen-bond acceptors (Lipinski definition) is 2. The van der Waals surface area contributed by atoms with Crippen LogP contribution in [0.2, 0.25) is 5.02 Å². The number of fused-ring (bicyclic) bond motifs is 2. The van der Waals surface area contributed by atoms with Gasteiger partial charge in [0.2, 0.25) is 0 Å². The average Bonchev–Trinajstić information content (AvgIpc) is 2.68. The Morgan fingerprint density at radius 3 is 2.54 bits per heavy atom. The number of pyridine rings is 1. The van der Waals surface area contributed by atoms with E-state index in [1.54, 1.807) is 6.20 Å². The van der Waals surface area contributed by atoms with Crippen LogP contribution in [0.25, 0.3) is 5.57 Å². The zero-order valence-corrected chi connectivity index (χ0v) is 15.3. The second-order valence-electron chi connectivity index (χ2n) is 5.62. The maximum Gasteiger partial charge on any atom is 0.0739 e. The van der Waals surface area contributed by atoms with Crippen LogP contribution in [-0.4, -0.2) is 18.0 Å². The van der Waals surface area contributed by atoms with E-state index < -0.39 is 13.0 Å². The molecule has 1 aromatic carbocycles. The van der Waals surface area contributed by atoms with Crippen LogP contribution in [-0.2, 0) is 12.8 Å². The maximum absolute atomic E-state index is 8.13. The molecule has 2 nitrogen and oxygen atoms in total. The van der Waals surface area contributed by atoms with Gasteiger partial charge in [-0.1, -0.05) is 29.3 Å². The largest absolute Gasteiger partial charge is 0.316 e. The molecule has 2 aromatic rings. The predicted molar refractivity (Wildman–Crippen MR) is 106 cm³/mol.